The van der Waals surface area contributed by atoms with Gasteiger partial charge in [0.1, 0.15) is 5.82 Å². The smallest absolute Gasteiger partial charge is 0.327 e. The molecule has 1 unspecified atom stereocenters. The summed E-state index contributed by atoms with van der Waals surface area (Å²) >= 11 is 6.17. The molecule has 0 saturated heterocycles. The maximum Gasteiger partial charge on any atom is 0.334 e. The second kappa shape index (κ2) is 6.97. The number of carbonyl (C=O) groups excluding carboxylic acids is 2. The van der Waals surface area contributed by atoms with E-state index in [1.165, 1.54) is 12.1 Å². The van der Waals surface area contributed by atoms with E-state index in [0.29, 0.717) is 27.5 Å². The van der Waals surface area contributed by atoms with Crippen molar-refractivity contribution in [1.82, 2.24) is 20.4 Å². The first kappa shape index (κ1) is 18.0. The largest absolute Gasteiger partial charge is 0.334 e. The minimum Gasteiger partial charge on any atom is -0.327 e. The fourth-order valence-electron chi connectivity index (χ4n) is 3.08. The van der Waals surface area contributed by atoms with Crippen molar-refractivity contribution in [3.63, 3.8) is 0 Å². The Balaban J connectivity index is 1.56. The second-order valence-electron chi connectivity index (χ2n) is 6.34. The van der Waals surface area contributed by atoms with Crippen LogP contribution in [0.2, 0.25) is 5.02 Å². The maximum absolute atomic E-state index is 13.1. The SMILES string of the molecule is CC1=CC(c2ccc(F)cc2)NC(=O)N1C(=O)Nc1cc(Cl)c2[nH]ncc2c1. The Hall–Kier alpha value is -3.39. The highest BCUT2D eigenvalue weighted by Crippen LogP contribution is 2.27. The lowest BCUT2D eigenvalue weighted by atomic mass is 10.0. The summed E-state index contributed by atoms with van der Waals surface area (Å²) < 4.78 is 13.1. The number of imide groups is 1. The lowest BCUT2D eigenvalue weighted by Gasteiger charge is -2.30. The highest BCUT2D eigenvalue weighted by molar-refractivity contribution is 6.35. The number of H-pyrrole nitrogens is 1. The van der Waals surface area contributed by atoms with Crippen molar-refractivity contribution < 1.29 is 14.0 Å². The van der Waals surface area contributed by atoms with Crippen LogP contribution in [0.1, 0.15) is 18.5 Å². The molecule has 142 valence electrons. The average molecular weight is 400 g/mol. The number of rotatable bonds is 2. The van der Waals surface area contributed by atoms with Gasteiger partial charge in [-0.3, -0.25) is 5.10 Å². The zero-order valence-electron chi connectivity index (χ0n) is 14.7. The van der Waals surface area contributed by atoms with Crippen molar-refractivity contribution in [2.75, 3.05) is 5.32 Å². The van der Waals surface area contributed by atoms with Crippen molar-refractivity contribution >= 4 is 40.3 Å². The number of carbonyl (C=O) groups is 2. The number of benzene rings is 2. The minimum absolute atomic E-state index is 0.360. The number of hydrogen-bond donors (Lipinski definition) is 3. The van der Waals surface area contributed by atoms with Gasteiger partial charge in [0.2, 0.25) is 0 Å². The van der Waals surface area contributed by atoms with Crippen LogP contribution in [-0.2, 0) is 0 Å². The number of halogens is 2. The molecule has 4 amide bonds. The van der Waals surface area contributed by atoms with Gasteiger partial charge < -0.3 is 10.6 Å². The maximum atomic E-state index is 13.1. The quantitative estimate of drug-likeness (QED) is 0.590. The molecule has 9 heteroatoms. The topological polar surface area (TPSA) is 90.1 Å². The molecule has 7 nitrogen and oxygen atoms in total. The van der Waals surface area contributed by atoms with Crippen LogP contribution in [0, 0.1) is 5.82 Å². The molecule has 1 aliphatic heterocycles. The van der Waals surface area contributed by atoms with Crippen LogP contribution in [-0.4, -0.2) is 27.2 Å². The summed E-state index contributed by atoms with van der Waals surface area (Å²) in [6.07, 6.45) is 3.31. The van der Waals surface area contributed by atoms with E-state index in [2.05, 4.69) is 20.8 Å². The Morgan fingerprint density at radius 1 is 1.29 bits per heavy atom. The monoisotopic (exact) mass is 399 g/mol. The fraction of sp³-hybridized carbons (Fsp3) is 0.105. The molecule has 1 atom stereocenters. The van der Waals surface area contributed by atoms with Gasteiger partial charge in [0.05, 0.1) is 22.8 Å². The number of fused-ring (bicyclic) bond motifs is 1. The van der Waals surface area contributed by atoms with Gasteiger partial charge in [-0.15, -0.1) is 0 Å². The summed E-state index contributed by atoms with van der Waals surface area (Å²) in [6, 6.07) is 7.43. The van der Waals surface area contributed by atoms with Gasteiger partial charge in [0.15, 0.2) is 0 Å². The minimum atomic E-state index is -0.622. The number of urea groups is 2. The van der Waals surface area contributed by atoms with Gasteiger partial charge in [0, 0.05) is 16.8 Å². The van der Waals surface area contributed by atoms with Crippen LogP contribution in [0.4, 0.5) is 19.7 Å². The Labute approximate surface area is 164 Å². The summed E-state index contributed by atoms with van der Waals surface area (Å²) in [5, 5.41) is 13.2. The van der Waals surface area contributed by atoms with E-state index in [-0.39, 0.29) is 5.82 Å². The van der Waals surface area contributed by atoms with Gasteiger partial charge in [-0.1, -0.05) is 23.7 Å². The molecule has 0 bridgehead atoms. The lowest BCUT2D eigenvalue weighted by molar-refractivity contribution is 0.199. The summed E-state index contributed by atoms with van der Waals surface area (Å²) in [7, 11) is 0. The molecule has 0 spiro atoms. The molecule has 0 radical (unpaired) electrons. The molecule has 0 fully saturated rings. The van der Waals surface area contributed by atoms with Gasteiger partial charge in [-0.25, -0.2) is 18.9 Å². The van der Waals surface area contributed by atoms with Crippen LogP contribution in [0.3, 0.4) is 0 Å². The van der Waals surface area contributed by atoms with Crippen molar-refractivity contribution in [3.05, 3.63) is 70.8 Å². The number of amides is 4. The van der Waals surface area contributed by atoms with Crippen LogP contribution in [0.5, 0.6) is 0 Å². The Morgan fingerprint density at radius 3 is 2.75 bits per heavy atom. The molecule has 0 saturated carbocycles. The highest BCUT2D eigenvalue weighted by Gasteiger charge is 2.30. The number of aromatic amines is 1. The van der Waals surface area contributed by atoms with E-state index in [1.807, 2.05) is 0 Å². The first-order valence-electron chi connectivity index (χ1n) is 8.40. The molecule has 28 heavy (non-hydrogen) atoms. The van der Waals surface area contributed by atoms with E-state index in [4.69, 9.17) is 11.6 Å². The van der Waals surface area contributed by atoms with E-state index >= 15 is 0 Å². The van der Waals surface area contributed by atoms with Crippen molar-refractivity contribution in [2.24, 2.45) is 0 Å². The summed E-state index contributed by atoms with van der Waals surface area (Å²) in [4.78, 5) is 26.2. The van der Waals surface area contributed by atoms with E-state index in [1.54, 1.807) is 43.5 Å². The highest BCUT2D eigenvalue weighted by atomic mass is 35.5. The normalized spacial score (nSPS) is 16.7. The second-order valence-corrected chi connectivity index (χ2v) is 6.75. The molecular weight excluding hydrogens is 385 g/mol. The van der Waals surface area contributed by atoms with Crippen LogP contribution >= 0.6 is 11.6 Å². The number of nitrogens with one attached hydrogen (secondary N) is 3. The summed E-state index contributed by atoms with van der Waals surface area (Å²) in [6.45, 7) is 1.65. The van der Waals surface area contributed by atoms with Crippen molar-refractivity contribution in [2.45, 2.75) is 13.0 Å². The van der Waals surface area contributed by atoms with E-state index < -0.39 is 18.1 Å². The molecule has 3 N–H and O–H groups in total. The standard InChI is InChI=1S/C19H15ClFN5O2/c1-10-6-16(11-2-4-13(21)5-3-11)24-19(28)26(10)18(27)23-14-7-12-9-22-25-17(12)15(20)8-14/h2-9,16H,1H3,(H,22,25)(H,23,27)(H,24,28). The Bertz CT molecular complexity index is 1110. The number of nitrogens with zero attached hydrogens (tertiary/aromatic N) is 2. The molecule has 1 aromatic heterocycles. The zero-order chi connectivity index (χ0) is 19.8. The van der Waals surface area contributed by atoms with Crippen LogP contribution < -0.4 is 10.6 Å². The molecule has 2 aromatic carbocycles. The van der Waals surface area contributed by atoms with E-state index in [9.17, 15) is 14.0 Å². The zero-order valence-corrected chi connectivity index (χ0v) is 15.4. The van der Waals surface area contributed by atoms with Crippen LogP contribution in [0.15, 0.2) is 54.4 Å². The molecule has 3 aromatic rings. The van der Waals surface area contributed by atoms with Gasteiger partial charge in [-0.05, 0) is 42.8 Å². The molecular formula is C19H15ClFN5O2. The Kier molecular flexibility index (Phi) is 4.48. The predicted molar refractivity (Wildman–Crippen MR) is 103 cm³/mol. The van der Waals surface area contributed by atoms with Gasteiger partial charge in [-0.2, -0.15) is 5.10 Å². The van der Waals surface area contributed by atoms with Gasteiger partial charge >= 0.3 is 12.1 Å². The van der Waals surface area contributed by atoms with Crippen molar-refractivity contribution in [1.29, 1.82) is 0 Å². The number of anilines is 1. The predicted octanol–water partition coefficient (Wildman–Crippen LogP) is 4.56. The van der Waals surface area contributed by atoms with E-state index in [0.717, 1.165) is 10.3 Å². The molecule has 4 rings (SSSR count). The number of aromatic nitrogens is 2. The third kappa shape index (κ3) is 3.29. The molecule has 2 heterocycles. The molecule has 1 aliphatic rings. The van der Waals surface area contributed by atoms with Crippen LogP contribution in [0.25, 0.3) is 10.9 Å². The fourth-order valence-corrected chi connectivity index (χ4v) is 3.35. The first-order chi connectivity index (χ1) is 13.4. The summed E-state index contributed by atoms with van der Waals surface area (Å²) in [5.41, 5.74) is 2.26. The number of allylic oxidation sites excluding steroid dienone is 1. The first-order valence-corrected chi connectivity index (χ1v) is 8.78. The molecule has 0 aliphatic carbocycles. The lowest BCUT2D eigenvalue weighted by Crippen LogP contribution is -2.48. The average Bonchev–Trinajstić information content (AvgIpc) is 3.11. The third-order valence-corrected chi connectivity index (χ3v) is 4.72. The number of hydrogen-bond acceptors (Lipinski definition) is 3. The third-order valence-electron chi connectivity index (χ3n) is 4.43. The van der Waals surface area contributed by atoms with Gasteiger partial charge in [0.25, 0.3) is 0 Å². The summed E-state index contributed by atoms with van der Waals surface area (Å²) in [5.74, 6) is -0.360. The van der Waals surface area contributed by atoms with Crippen molar-refractivity contribution in [3.8, 4) is 0 Å². The Morgan fingerprint density at radius 2 is 2.04 bits per heavy atom.